The van der Waals surface area contributed by atoms with Crippen LogP contribution in [0.15, 0.2) is 17.2 Å². The number of unbranched alkanes of at least 4 members (excludes halogenated alkanes) is 6. The highest BCUT2D eigenvalue weighted by molar-refractivity contribution is 5.87. The van der Waals surface area contributed by atoms with Crippen LogP contribution >= 0.6 is 0 Å². The average Bonchev–Trinajstić information content (AvgIpc) is 2.66. The summed E-state index contributed by atoms with van der Waals surface area (Å²) in [6.45, 7) is 2.21. The average molecular weight is 364 g/mol. The van der Waals surface area contributed by atoms with Crippen LogP contribution in [0.3, 0.4) is 0 Å². The lowest BCUT2D eigenvalue weighted by Gasteiger charge is -2.13. The van der Waals surface area contributed by atoms with Crippen LogP contribution in [0.25, 0.3) is 0 Å². The number of hydrogen-bond donors (Lipinski definition) is 1. The molecule has 0 saturated carbocycles. The summed E-state index contributed by atoms with van der Waals surface area (Å²) in [5, 5.41) is 4.02. The van der Waals surface area contributed by atoms with Gasteiger partial charge < -0.3 is 14.2 Å². The summed E-state index contributed by atoms with van der Waals surface area (Å²) < 4.78 is 15.9. The van der Waals surface area contributed by atoms with Gasteiger partial charge in [0.15, 0.2) is 11.5 Å². The van der Waals surface area contributed by atoms with Crippen LogP contribution in [0.2, 0.25) is 0 Å². The second-order valence-electron chi connectivity index (χ2n) is 6.09. The topological polar surface area (TPSA) is 69.2 Å². The molecule has 6 nitrogen and oxygen atoms in total. The minimum atomic E-state index is -0.0748. The molecule has 0 heterocycles. The molecule has 0 spiro atoms. The second-order valence-corrected chi connectivity index (χ2v) is 6.09. The molecular weight excluding hydrogens is 332 g/mol. The second kappa shape index (κ2) is 13.0. The quantitative estimate of drug-likeness (QED) is 0.322. The molecule has 1 aromatic carbocycles. The summed E-state index contributed by atoms with van der Waals surface area (Å²) >= 11 is 0. The molecule has 0 saturated heterocycles. The first-order chi connectivity index (χ1) is 12.7. The lowest BCUT2D eigenvalue weighted by atomic mass is 10.1. The molecule has 0 aromatic heterocycles. The van der Waals surface area contributed by atoms with Crippen LogP contribution in [0.5, 0.6) is 17.2 Å². The van der Waals surface area contributed by atoms with Crippen molar-refractivity contribution in [3.8, 4) is 17.2 Å². The van der Waals surface area contributed by atoms with Gasteiger partial charge in [-0.1, -0.05) is 45.4 Å². The summed E-state index contributed by atoms with van der Waals surface area (Å²) in [5.41, 5.74) is 3.26. The number of hydrazone groups is 1. The molecule has 1 N–H and O–H groups in total. The van der Waals surface area contributed by atoms with Crippen molar-refractivity contribution < 1.29 is 19.0 Å². The van der Waals surface area contributed by atoms with Gasteiger partial charge in [-0.2, -0.15) is 5.10 Å². The molecule has 0 bridgehead atoms. The minimum Gasteiger partial charge on any atom is -0.493 e. The molecule has 6 heteroatoms. The van der Waals surface area contributed by atoms with Gasteiger partial charge in [-0.05, 0) is 18.6 Å². The van der Waals surface area contributed by atoms with Crippen molar-refractivity contribution in [1.29, 1.82) is 0 Å². The zero-order chi connectivity index (χ0) is 19.2. The van der Waals surface area contributed by atoms with E-state index in [0.29, 0.717) is 29.2 Å². The predicted molar refractivity (Wildman–Crippen MR) is 104 cm³/mol. The van der Waals surface area contributed by atoms with Gasteiger partial charge in [0.05, 0.1) is 27.5 Å². The van der Waals surface area contributed by atoms with Gasteiger partial charge in [-0.15, -0.1) is 0 Å². The Morgan fingerprint density at radius 3 is 2.23 bits per heavy atom. The smallest absolute Gasteiger partial charge is 0.240 e. The summed E-state index contributed by atoms with van der Waals surface area (Å²) in [6.07, 6.45) is 10.3. The first kappa shape index (κ1) is 21.8. The highest BCUT2D eigenvalue weighted by atomic mass is 16.5. The van der Waals surface area contributed by atoms with Crippen molar-refractivity contribution in [1.82, 2.24) is 5.43 Å². The number of methoxy groups -OCH3 is 3. The van der Waals surface area contributed by atoms with E-state index in [1.54, 1.807) is 39.7 Å². The number of benzene rings is 1. The standard InChI is InChI=1S/C20H32N2O4/c1-5-6-7-8-9-10-11-12-18(23)22-21-15-16-13-14-17(24-2)20(26-4)19(16)25-3/h13-15H,5-12H2,1-4H3,(H,22,23)/b21-15+. The zero-order valence-electron chi connectivity index (χ0n) is 16.5. The highest BCUT2D eigenvalue weighted by Crippen LogP contribution is 2.38. The molecule has 0 aliphatic carbocycles. The predicted octanol–water partition coefficient (Wildman–Crippen LogP) is 4.30. The van der Waals surface area contributed by atoms with Gasteiger partial charge in [0.25, 0.3) is 0 Å². The molecule has 1 aromatic rings. The molecule has 1 rings (SSSR count). The third-order valence-electron chi connectivity index (χ3n) is 4.13. The first-order valence-electron chi connectivity index (χ1n) is 9.28. The first-order valence-corrected chi connectivity index (χ1v) is 9.28. The molecule has 0 atom stereocenters. The van der Waals surface area contributed by atoms with Gasteiger partial charge in [0, 0.05) is 12.0 Å². The van der Waals surface area contributed by atoms with Crippen molar-refractivity contribution in [2.45, 2.75) is 58.3 Å². The molecule has 0 fully saturated rings. The van der Waals surface area contributed by atoms with Gasteiger partial charge in [0.2, 0.25) is 11.7 Å². The lowest BCUT2D eigenvalue weighted by Crippen LogP contribution is -2.17. The molecule has 0 aliphatic rings. The van der Waals surface area contributed by atoms with E-state index in [-0.39, 0.29) is 5.91 Å². The van der Waals surface area contributed by atoms with Crippen molar-refractivity contribution in [3.63, 3.8) is 0 Å². The minimum absolute atomic E-state index is 0.0748. The molecule has 146 valence electrons. The maximum atomic E-state index is 11.8. The Balaban J connectivity index is 2.44. The fourth-order valence-electron chi connectivity index (χ4n) is 2.70. The Bertz CT molecular complexity index is 573. The van der Waals surface area contributed by atoms with E-state index in [1.165, 1.54) is 32.1 Å². The Morgan fingerprint density at radius 2 is 1.62 bits per heavy atom. The largest absolute Gasteiger partial charge is 0.493 e. The molecular formula is C20H32N2O4. The Hall–Kier alpha value is -2.24. The van der Waals surface area contributed by atoms with Crippen LogP contribution in [0.4, 0.5) is 0 Å². The van der Waals surface area contributed by atoms with E-state index in [4.69, 9.17) is 14.2 Å². The fraction of sp³-hybridized carbons (Fsp3) is 0.600. The van der Waals surface area contributed by atoms with E-state index in [2.05, 4.69) is 17.5 Å². The van der Waals surface area contributed by atoms with Crippen LogP contribution < -0.4 is 19.6 Å². The van der Waals surface area contributed by atoms with Crippen LogP contribution in [0.1, 0.15) is 63.9 Å². The van der Waals surface area contributed by atoms with E-state index in [9.17, 15) is 4.79 Å². The molecule has 0 aliphatic heterocycles. The van der Waals surface area contributed by atoms with Gasteiger partial charge in [-0.25, -0.2) is 5.43 Å². The maximum absolute atomic E-state index is 11.8. The molecule has 0 unspecified atom stereocenters. The van der Waals surface area contributed by atoms with E-state index >= 15 is 0 Å². The van der Waals surface area contributed by atoms with Crippen LogP contribution in [-0.4, -0.2) is 33.5 Å². The Kier molecular flexibility index (Phi) is 10.9. The number of nitrogens with one attached hydrogen (secondary N) is 1. The number of nitrogens with zero attached hydrogens (tertiary/aromatic N) is 1. The van der Waals surface area contributed by atoms with E-state index in [0.717, 1.165) is 12.8 Å². The summed E-state index contributed by atoms with van der Waals surface area (Å²) in [6, 6.07) is 3.56. The summed E-state index contributed by atoms with van der Waals surface area (Å²) in [7, 11) is 4.66. The zero-order valence-corrected chi connectivity index (χ0v) is 16.5. The number of carbonyl (C=O) groups is 1. The van der Waals surface area contributed by atoms with E-state index in [1.807, 2.05) is 0 Å². The number of carbonyl (C=O) groups excluding carboxylic acids is 1. The molecule has 26 heavy (non-hydrogen) atoms. The third-order valence-corrected chi connectivity index (χ3v) is 4.13. The van der Waals surface area contributed by atoms with Crippen LogP contribution in [0, 0.1) is 0 Å². The van der Waals surface area contributed by atoms with Gasteiger partial charge in [0.1, 0.15) is 0 Å². The lowest BCUT2D eigenvalue weighted by molar-refractivity contribution is -0.121. The third kappa shape index (κ3) is 7.33. The van der Waals surface area contributed by atoms with Gasteiger partial charge >= 0.3 is 0 Å². The van der Waals surface area contributed by atoms with Crippen molar-refractivity contribution in [2.24, 2.45) is 5.10 Å². The Labute approximate surface area is 156 Å². The molecule has 0 radical (unpaired) electrons. The van der Waals surface area contributed by atoms with Crippen molar-refractivity contribution in [2.75, 3.05) is 21.3 Å². The van der Waals surface area contributed by atoms with Crippen molar-refractivity contribution >= 4 is 12.1 Å². The normalized spacial score (nSPS) is 10.8. The van der Waals surface area contributed by atoms with Crippen molar-refractivity contribution in [3.05, 3.63) is 17.7 Å². The number of rotatable bonds is 13. The summed E-state index contributed by atoms with van der Waals surface area (Å²) in [4.78, 5) is 11.8. The number of hydrogen-bond acceptors (Lipinski definition) is 5. The monoisotopic (exact) mass is 364 g/mol. The van der Waals surface area contributed by atoms with Crippen LogP contribution in [-0.2, 0) is 4.79 Å². The van der Waals surface area contributed by atoms with Gasteiger partial charge in [-0.3, -0.25) is 4.79 Å². The maximum Gasteiger partial charge on any atom is 0.240 e. The summed E-state index contributed by atoms with van der Waals surface area (Å²) in [5.74, 6) is 1.50. The number of ether oxygens (including phenoxy) is 3. The molecule has 1 amide bonds. The SMILES string of the molecule is CCCCCCCCCC(=O)N/N=C/c1ccc(OC)c(OC)c1OC. The fourth-order valence-corrected chi connectivity index (χ4v) is 2.70. The number of amides is 1. The highest BCUT2D eigenvalue weighted by Gasteiger charge is 2.14. The Morgan fingerprint density at radius 1 is 0.962 bits per heavy atom. The van der Waals surface area contributed by atoms with E-state index < -0.39 is 0 Å².